The van der Waals surface area contributed by atoms with Gasteiger partial charge < -0.3 is 14.5 Å². The summed E-state index contributed by atoms with van der Waals surface area (Å²) in [5, 5.41) is 0. The van der Waals surface area contributed by atoms with E-state index >= 15 is 0 Å². The van der Waals surface area contributed by atoms with Gasteiger partial charge in [0.05, 0.1) is 18.2 Å². The Morgan fingerprint density at radius 2 is 2.00 bits per heavy atom. The minimum atomic E-state index is -0.00326. The number of rotatable bonds is 4. The molecule has 3 atom stereocenters. The molecule has 0 aliphatic carbocycles. The van der Waals surface area contributed by atoms with Crippen molar-refractivity contribution in [2.75, 3.05) is 19.7 Å². The Bertz CT molecular complexity index is 633. The van der Waals surface area contributed by atoms with Crippen LogP contribution in [0.4, 0.5) is 0 Å². The summed E-state index contributed by atoms with van der Waals surface area (Å²) in [6.45, 7) is 2.18. The number of hydrogen-bond donors (Lipinski definition) is 0. The average molecular weight is 342 g/mol. The van der Waals surface area contributed by atoms with Crippen LogP contribution in [0.25, 0.3) is 0 Å². The molecule has 0 bridgehead atoms. The molecule has 5 heteroatoms. The molecule has 5 nitrogen and oxygen atoms in total. The van der Waals surface area contributed by atoms with Crippen molar-refractivity contribution in [3.8, 4) is 0 Å². The fourth-order valence-electron chi connectivity index (χ4n) is 4.55. The highest BCUT2D eigenvalue weighted by Gasteiger charge is 2.49. The highest BCUT2D eigenvalue weighted by molar-refractivity contribution is 5.80. The van der Waals surface area contributed by atoms with Gasteiger partial charge in [0.2, 0.25) is 11.8 Å². The van der Waals surface area contributed by atoms with Gasteiger partial charge in [-0.3, -0.25) is 9.59 Å². The van der Waals surface area contributed by atoms with Gasteiger partial charge in [-0.25, -0.2) is 0 Å². The van der Waals surface area contributed by atoms with Crippen LogP contribution in [0, 0.1) is 0 Å². The summed E-state index contributed by atoms with van der Waals surface area (Å²) in [7, 11) is 0. The molecule has 4 rings (SSSR count). The van der Waals surface area contributed by atoms with Crippen LogP contribution < -0.4 is 0 Å². The number of carbonyl (C=O) groups excluding carboxylic acids is 2. The summed E-state index contributed by atoms with van der Waals surface area (Å²) in [5.41, 5.74) is 1.19. The molecule has 3 saturated heterocycles. The molecule has 3 aliphatic rings. The Labute approximate surface area is 148 Å². The molecule has 0 N–H and O–H groups in total. The predicted octanol–water partition coefficient (Wildman–Crippen LogP) is 2.00. The summed E-state index contributed by atoms with van der Waals surface area (Å²) in [4.78, 5) is 29.0. The van der Waals surface area contributed by atoms with E-state index in [1.807, 2.05) is 28.0 Å². The molecule has 134 valence electrons. The molecular formula is C20H26N2O3. The second-order valence-electron chi connectivity index (χ2n) is 7.33. The molecule has 0 aromatic heterocycles. The number of hydrogen-bond acceptors (Lipinski definition) is 3. The normalized spacial score (nSPS) is 29.1. The third-order valence-corrected chi connectivity index (χ3v) is 5.80. The molecule has 1 aromatic rings. The van der Waals surface area contributed by atoms with Crippen LogP contribution in [0.3, 0.4) is 0 Å². The van der Waals surface area contributed by atoms with Crippen molar-refractivity contribution in [1.29, 1.82) is 0 Å². The smallest absolute Gasteiger partial charge is 0.223 e. The van der Waals surface area contributed by atoms with E-state index in [4.69, 9.17) is 4.74 Å². The predicted molar refractivity (Wildman–Crippen MR) is 94.0 cm³/mol. The minimum Gasteiger partial charge on any atom is -0.374 e. The van der Waals surface area contributed by atoms with Crippen molar-refractivity contribution in [2.24, 2.45) is 0 Å². The number of carbonyl (C=O) groups is 2. The standard InChI is InChI=1S/C20H26N2O3/c23-18-9-4-12-21(18)17-14-22(16-8-5-13-25-20(16)17)19(24)11-10-15-6-2-1-3-7-15/h1-3,6-7,16-17,20H,4-5,8-14H2/t16-,17-,20+/m1/s1. The van der Waals surface area contributed by atoms with Crippen molar-refractivity contribution in [2.45, 2.75) is 56.7 Å². The number of aryl methyl sites for hydroxylation is 1. The summed E-state index contributed by atoms with van der Waals surface area (Å²) in [6.07, 6.45) is 4.82. The van der Waals surface area contributed by atoms with E-state index < -0.39 is 0 Å². The zero-order valence-corrected chi connectivity index (χ0v) is 14.6. The molecule has 25 heavy (non-hydrogen) atoms. The Morgan fingerprint density at radius 1 is 1.16 bits per heavy atom. The molecule has 3 aliphatic heterocycles. The maximum atomic E-state index is 12.9. The van der Waals surface area contributed by atoms with Crippen molar-refractivity contribution in [3.63, 3.8) is 0 Å². The van der Waals surface area contributed by atoms with Gasteiger partial charge in [0, 0.05) is 32.5 Å². The second kappa shape index (κ2) is 7.16. The van der Waals surface area contributed by atoms with E-state index in [2.05, 4.69) is 12.1 Å². The lowest BCUT2D eigenvalue weighted by atomic mass is 10.00. The number of fused-ring (bicyclic) bond motifs is 1. The highest BCUT2D eigenvalue weighted by atomic mass is 16.5. The summed E-state index contributed by atoms with van der Waals surface area (Å²) >= 11 is 0. The number of amides is 2. The minimum absolute atomic E-state index is 0.00326. The third kappa shape index (κ3) is 3.30. The first kappa shape index (κ1) is 16.6. The van der Waals surface area contributed by atoms with Crippen molar-refractivity contribution in [1.82, 2.24) is 9.80 Å². The largest absolute Gasteiger partial charge is 0.374 e. The Hall–Kier alpha value is -1.88. The molecule has 0 radical (unpaired) electrons. The first-order chi connectivity index (χ1) is 12.2. The third-order valence-electron chi connectivity index (χ3n) is 5.80. The highest BCUT2D eigenvalue weighted by Crippen LogP contribution is 2.34. The van der Waals surface area contributed by atoms with Crippen LogP contribution >= 0.6 is 0 Å². The maximum Gasteiger partial charge on any atom is 0.223 e. The summed E-state index contributed by atoms with van der Waals surface area (Å²) in [6, 6.07) is 10.3. The molecule has 0 spiro atoms. The molecular weight excluding hydrogens is 316 g/mol. The van der Waals surface area contributed by atoms with Gasteiger partial charge >= 0.3 is 0 Å². The van der Waals surface area contributed by atoms with Gasteiger partial charge in [-0.2, -0.15) is 0 Å². The summed E-state index contributed by atoms with van der Waals surface area (Å²) < 4.78 is 6.03. The molecule has 2 amide bonds. The van der Waals surface area contributed by atoms with E-state index in [1.165, 1.54) is 5.56 Å². The van der Waals surface area contributed by atoms with Gasteiger partial charge in [-0.1, -0.05) is 30.3 Å². The van der Waals surface area contributed by atoms with E-state index in [-0.39, 0.29) is 30.0 Å². The SMILES string of the molecule is O=C1CCCN1[C@@H]1CN(C(=O)CCc2ccccc2)[C@@H]2CCCO[C@H]12. The van der Waals surface area contributed by atoms with Gasteiger partial charge in [-0.15, -0.1) is 0 Å². The fraction of sp³-hybridized carbons (Fsp3) is 0.600. The van der Waals surface area contributed by atoms with Crippen LogP contribution in [0.2, 0.25) is 0 Å². The zero-order chi connectivity index (χ0) is 17.2. The quantitative estimate of drug-likeness (QED) is 0.841. The van der Waals surface area contributed by atoms with Gasteiger partial charge in [0.25, 0.3) is 0 Å². The first-order valence-corrected chi connectivity index (χ1v) is 9.48. The van der Waals surface area contributed by atoms with Crippen molar-refractivity contribution >= 4 is 11.8 Å². The lowest BCUT2D eigenvalue weighted by molar-refractivity contribution is -0.134. The topological polar surface area (TPSA) is 49.9 Å². The van der Waals surface area contributed by atoms with Crippen LogP contribution in [0.5, 0.6) is 0 Å². The number of ether oxygens (including phenoxy) is 1. The molecule has 3 heterocycles. The van der Waals surface area contributed by atoms with E-state index in [9.17, 15) is 9.59 Å². The second-order valence-corrected chi connectivity index (χ2v) is 7.33. The van der Waals surface area contributed by atoms with Crippen molar-refractivity contribution < 1.29 is 14.3 Å². The van der Waals surface area contributed by atoms with Crippen LogP contribution in [-0.4, -0.2) is 59.5 Å². The molecule has 0 saturated carbocycles. The Balaban J connectivity index is 1.45. The Kier molecular flexibility index (Phi) is 4.75. The van der Waals surface area contributed by atoms with E-state index in [0.717, 1.165) is 38.8 Å². The van der Waals surface area contributed by atoms with Crippen LogP contribution in [-0.2, 0) is 20.7 Å². The number of benzene rings is 1. The number of nitrogens with zero attached hydrogens (tertiary/aromatic N) is 2. The van der Waals surface area contributed by atoms with Gasteiger partial charge in [0.15, 0.2) is 0 Å². The lowest BCUT2D eigenvalue weighted by Crippen LogP contribution is -2.48. The average Bonchev–Trinajstić information content (AvgIpc) is 3.24. The van der Waals surface area contributed by atoms with Gasteiger partial charge in [0.1, 0.15) is 0 Å². The van der Waals surface area contributed by atoms with Crippen LogP contribution in [0.15, 0.2) is 30.3 Å². The Morgan fingerprint density at radius 3 is 2.76 bits per heavy atom. The van der Waals surface area contributed by atoms with Crippen molar-refractivity contribution in [3.05, 3.63) is 35.9 Å². The number of likely N-dealkylation sites (tertiary alicyclic amines) is 2. The van der Waals surface area contributed by atoms with Crippen LogP contribution in [0.1, 0.15) is 37.7 Å². The first-order valence-electron chi connectivity index (χ1n) is 9.48. The molecule has 1 aromatic carbocycles. The maximum absolute atomic E-state index is 12.9. The monoisotopic (exact) mass is 342 g/mol. The zero-order valence-electron chi connectivity index (χ0n) is 14.6. The van der Waals surface area contributed by atoms with E-state index in [1.54, 1.807) is 0 Å². The van der Waals surface area contributed by atoms with E-state index in [0.29, 0.717) is 19.4 Å². The fourth-order valence-corrected chi connectivity index (χ4v) is 4.55. The molecule has 3 fully saturated rings. The van der Waals surface area contributed by atoms with Gasteiger partial charge in [-0.05, 0) is 31.2 Å². The summed E-state index contributed by atoms with van der Waals surface area (Å²) in [5.74, 6) is 0.412. The lowest BCUT2D eigenvalue weighted by Gasteiger charge is -2.34. The molecule has 0 unspecified atom stereocenters.